The molecule has 0 aromatic rings. The highest BCUT2D eigenvalue weighted by Crippen LogP contribution is 2.16. The Bertz CT molecular complexity index is 1240. The second-order valence-electron chi connectivity index (χ2n) is 21.0. The normalized spacial score (nSPS) is 13.0. The van der Waals surface area contributed by atoms with Crippen LogP contribution in [0.2, 0.25) is 0 Å². The number of hydrogen-bond donors (Lipinski definition) is 3. The van der Waals surface area contributed by atoms with Gasteiger partial charge in [-0.25, -0.2) is 0 Å². The van der Waals surface area contributed by atoms with Crippen LogP contribution in [0.3, 0.4) is 0 Å². The van der Waals surface area contributed by atoms with Gasteiger partial charge in [0.2, 0.25) is 5.91 Å². The molecule has 3 N–H and O–H groups in total. The van der Waals surface area contributed by atoms with Crippen molar-refractivity contribution >= 4 is 11.9 Å². The Labute approximate surface area is 441 Å². The summed E-state index contributed by atoms with van der Waals surface area (Å²) in [7, 11) is 0. The maximum absolute atomic E-state index is 12.4. The first-order valence-electron chi connectivity index (χ1n) is 31.1. The second kappa shape index (κ2) is 60.1. The molecule has 0 aromatic carbocycles. The second-order valence-corrected chi connectivity index (χ2v) is 21.0. The lowest BCUT2D eigenvalue weighted by atomic mass is 10.0. The summed E-state index contributed by atoms with van der Waals surface area (Å²) in [6, 6.07) is -0.630. The van der Waals surface area contributed by atoms with Crippen molar-refractivity contribution in [2.45, 2.75) is 328 Å². The van der Waals surface area contributed by atoms with Crippen LogP contribution in [0.15, 0.2) is 60.8 Å². The van der Waals surface area contributed by atoms with E-state index in [1.54, 1.807) is 6.08 Å². The van der Waals surface area contributed by atoms with Crippen LogP contribution in [0, 0.1) is 0 Å². The van der Waals surface area contributed by atoms with Gasteiger partial charge >= 0.3 is 5.97 Å². The fourth-order valence-corrected chi connectivity index (χ4v) is 9.22. The number of amides is 1. The van der Waals surface area contributed by atoms with Crippen molar-refractivity contribution in [3.63, 3.8) is 0 Å². The Morgan fingerprint density at radius 2 is 0.704 bits per heavy atom. The zero-order valence-corrected chi connectivity index (χ0v) is 47.2. The number of esters is 1. The van der Waals surface area contributed by atoms with E-state index in [2.05, 4.69) is 67.8 Å². The van der Waals surface area contributed by atoms with Crippen molar-refractivity contribution in [3.8, 4) is 0 Å². The molecule has 71 heavy (non-hydrogen) atoms. The minimum atomic E-state index is -0.846. The number of allylic oxidation sites excluding steroid dienone is 9. The van der Waals surface area contributed by atoms with E-state index in [9.17, 15) is 19.8 Å². The smallest absolute Gasteiger partial charge is 0.305 e. The monoisotopic (exact) mass is 994 g/mol. The first kappa shape index (κ1) is 68.6. The van der Waals surface area contributed by atoms with E-state index in [1.807, 2.05) is 6.08 Å². The Kier molecular flexibility index (Phi) is 58.1. The van der Waals surface area contributed by atoms with Crippen molar-refractivity contribution in [1.29, 1.82) is 0 Å². The molecule has 6 heteroatoms. The summed E-state index contributed by atoms with van der Waals surface area (Å²) >= 11 is 0. The quantitative estimate of drug-likeness (QED) is 0.0321. The van der Waals surface area contributed by atoms with Crippen LogP contribution in [0.25, 0.3) is 0 Å². The summed E-state index contributed by atoms with van der Waals surface area (Å²) in [5, 5.41) is 23.0. The van der Waals surface area contributed by atoms with Gasteiger partial charge in [0.1, 0.15) is 0 Å². The van der Waals surface area contributed by atoms with E-state index >= 15 is 0 Å². The lowest BCUT2D eigenvalue weighted by molar-refractivity contribution is -0.143. The zero-order valence-electron chi connectivity index (χ0n) is 47.2. The third-order valence-electron chi connectivity index (χ3n) is 14.0. The molecular formula is C65H119NO5. The summed E-state index contributed by atoms with van der Waals surface area (Å²) in [5.74, 6) is -0.0769. The maximum Gasteiger partial charge on any atom is 0.305 e. The van der Waals surface area contributed by atoms with Gasteiger partial charge in [0.05, 0.1) is 25.4 Å². The standard InChI is InChI=1S/C65H119NO5/c1-3-5-7-9-11-13-15-17-31-35-39-43-47-51-55-59-65(70)71-60-56-52-48-44-40-36-33-30-28-26-24-22-20-18-19-21-23-25-27-29-32-34-38-42-46-50-54-58-64(69)66-62(61-67)63(68)57-53-49-45-41-37-16-14-12-10-8-6-4-2/h11,13,17-19,22,24,31,53,57,62-63,67-68H,3-10,12,14-16,20-21,23,25-30,32-52,54-56,58-61H2,1-2H3,(H,66,69)/b13-11-,19-18-,24-22-,31-17-,57-53+. The summed E-state index contributed by atoms with van der Waals surface area (Å²) in [6.07, 6.45) is 78.3. The fraction of sp³-hybridized carbons (Fsp3) is 0.815. The van der Waals surface area contributed by atoms with E-state index < -0.39 is 12.1 Å². The van der Waals surface area contributed by atoms with Crippen molar-refractivity contribution in [2.75, 3.05) is 13.2 Å². The van der Waals surface area contributed by atoms with Gasteiger partial charge in [0, 0.05) is 12.8 Å². The zero-order chi connectivity index (χ0) is 51.4. The van der Waals surface area contributed by atoms with Gasteiger partial charge < -0.3 is 20.3 Å². The van der Waals surface area contributed by atoms with Crippen molar-refractivity contribution in [3.05, 3.63) is 60.8 Å². The maximum atomic E-state index is 12.4. The number of ether oxygens (including phenoxy) is 1. The minimum absolute atomic E-state index is 0.00446. The van der Waals surface area contributed by atoms with Crippen molar-refractivity contribution < 1.29 is 24.5 Å². The number of hydrogen-bond acceptors (Lipinski definition) is 5. The van der Waals surface area contributed by atoms with Crippen LogP contribution < -0.4 is 5.32 Å². The molecule has 0 aromatic heterocycles. The van der Waals surface area contributed by atoms with Gasteiger partial charge in [-0.3, -0.25) is 9.59 Å². The van der Waals surface area contributed by atoms with Crippen LogP contribution in [-0.2, 0) is 14.3 Å². The fourth-order valence-electron chi connectivity index (χ4n) is 9.22. The van der Waals surface area contributed by atoms with E-state index in [-0.39, 0.29) is 18.5 Å². The molecule has 0 spiro atoms. The minimum Gasteiger partial charge on any atom is -0.466 e. The van der Waals surface area contributed by atoms with Crippen LogP contribution >= 0.6 is 0 Å². The van der Waals surface area contributed by atoms with Gasteiger partial charge in [-0.2, -0.15) is 0 Å². The predicted octanol–water partition coefficient (Wildman–Crippen LogP) is 19.5. The number of rotatable bonds is 57. The van der Waals surface area contributed by atoms with Gasteiger partial charge in [-0.05, 0) is 96.3 Å². The summed E-state index contributed by atoms with van der Waals surface area (Å²) in [5.41, 5.74) is 0. The third kappa shape index (κ3) is 56.7. The number of aliphatic hydroxyl groups is 2. The molecule has 0 aliphatic heterocycles. The largest absolute Gasteiger partial charge is 0.466 e. The Morgan fingerprint density at radius 1 is 0.394 bits per heavy atom. The van der Waals surface area contributed by atoms with Crippen LogP contribution in [0.5, 0.6) is 0 Å². The van der Waals surface area contributed by atoms with Gasteiger partial charge in [-0.15, -0.1) is 0 Å². The molecule has 0 saturated carbocycles. The Morgan fingerprint density at radius 3 is 1.10 bits per heavy atom. The average Bonchev–Trinajstić information content (AvgIpc) is 3.37. The van der Waals surface area contributed by atoms with Gasteiger partial charge in [0.25, 0.3) is 0 Å². The molecule has 0 heterocycles. The lowest BCUT2D eigenvalue weighted by Crippen LogP contribution is -2.45. The molecular weight excluding hydrogens is 875 g/mol. The van der Waals surface area contributed by atoms with Crippen molar-refractivity contribution in [2.24, 2.45) is 0 Å². The molecule has 6 nitrogen and oxygen atoms in total. The van der Waals surface area contributed by atoms with Crippen LogP contribution in [-0.4, -0.2) is 47.4 Å². The molecule has 2 atom stereocenters. The molecule has 0 fully saturated rings. The number of carbonyl (C=O) groups is 2. The van der Waals surface area contributed by atoms with Crippen LogP contribution in [0.4, 0.5) is 0 Å². The molecule has 0 radical (unpaired) electrons. The molecule has 414 valence electrons. The Hall–Kier alpha value is -2.44. The Balaban J connectivity index is 3.44. The predicted molar refractivity (Wildman–Crippen MR) is 310 cm³/mol. The van der Waals surface area contributed by atoms with Gasteiger partial charge in [-0.1, -0.05) is 267 Å². The first-order chi connectivity index (χ1) is 35.0. The van der Waals surface area contributed by atoms with E-state index in [0.717, 1.165) is 57.8 Å². The molecule has 0 bridgehead atoms. The molecule has 0 aliphatic carbocycles. The first-order valence-corrected chi connectivity index (χ1v) is 31.1. The molecule has 1 amide bonds. The van der Waals surface area contributed by atoms with E-state index in [4.69, 9.17) is 4.74 Å². The molecule has 0 aliphatic rings. The van der Waals surface area contributed by atoms with Crippen LogP contribution in [0.1, 0.15) is 316 Å². The number of nitrogens with one attached hydrogen (secondary N) is 1. The number of carbonyl (C=O) groups excluding carboxylic acids is 2. The topological polar surface area (TPSA) is 95.9 Å². The average molecular weight is 995 g/mol. The third-order valence-corrected chi connectivity index (χ3v) is 14.0. The summed E-state index contributed by atoms with van der Waals surface area (Å²) in [6.45, 7) is 4.86. The highest BCUT2D eigenvalue weighted by atomic mass is 16.5. The van der Waals surface area contributed by atoms with Gasteiger partial charge in [0.15, 0.2) is 0 Å². The number of unbranched alkanes of at least 4 members (excludes halogenated alkanes) is 38. The molecule has 0 saturated heterocycles. The molecule has 0 rings (SSSR count). The molecule has 2 unspecified atom stereocenters. The SMILES string of the molecule is CCCCC/C=C\C/C=C\CCCCCCCC(=O)OCCCCCCCCCCC/C=C\C/C=C\CCCCCCCCCCCCCC(=O)NC(CO)C(O)/C=C/CCCCCCCCCCCC. The van der Waals surface area contributed by atoms with Crippen molar-refractivity contribution in [1.82, 2.24) is 5.32 Å². The summed E-state index contributed by atoms with van der Waals surface area (Å²) in [4.78, 5) is 24.5. The highest BCUT2D eigenvalue weighted by molar-refractivity contribution is 5.76. The highest BCUT2D eigenvalue weighted by Gasteiger charge is 2.18. The summed E-state index contributed by atoms with van der Waals surface area (Å²) < 4.78 is 5.47. The number of aliphatic hydroxyl groups excluding tert-OH is 2. The van der Waals surface area contributed by atoms with E-state index in [0.29, 0.717) is 19.4 Å². The lowest BCUT2D eigenvalue weighted by Gasteiger charge is -2.20. The van der Waals surface area contributed by atoms with E-state index in [1.165, 1.54) is 231 Å².